The summed E-state index contributed by atoms with van der Waals surface area (Å²) < 4.78 is 0. The van der Waals surface area contributed by atoms with E-state index in [4.69, 9.17) is 5.73 Å². The van der Waals surface area contributed by atoms with Gasteiger partial charge in [-0.1, -0.05) is 32.9 Å². The lowest BCUT2D eigenvalue weighted by atomic mass is 9.87. The van der Waals surface area contributed by atoms with E-state index in [1.165, 1.54) is 10.6 Å². The summed E-state index contributed by atoms with van der Waals surface area (Å²) in [5.41, 5.74) is 15.5. The lowest BCUT2D eigenvalue weighted by Crippen LogP contribution is -2.37. The average Bonchev–Trinajstić information content (AvgIpc) is 3.00. The number of amides is 2. The number of anilines is 2. The van der Waals surface area contributed by atoms with Crippen LogP contribution in [0.2, 0.25) is 0 Å². The van der Waals surface area contributed by atoms with E-state index in [1.807, 2.05) is 24.3 Å². The lowest BCUT2D eigenvalue weighted by Gasteiger charge is -2.20. The minimum atomic E-state index is -0.329. The molecule has 3 rings (SSSR count). The van der Waals surface area contributed by atoms with Gasteiger partial charge in [0.2, 0.25) is 0 Å². The van der Waals surface area contributed by atoms with Gasteiger partial charge >= 0.3 is 0 Å². The molecule has 0 radical (unpaired) electrons. The molecule has 30 heavy (non-hydrogen) atoms. The largest absolute Gasteiger partial charge is 0.399 e. The van der Waals surface area contributed by atoms with Gasteiger partial charge in [-0.3, -0.25) is 15.0 Å². The SMILES string of the molecule is CC1=NN(c2ccc(C(C)(C)C)cc2)C(=O)/C1=C(/C)NNC(=O)c1ccc(N)cc1. The predicted octanol–water partition coefficient (Wildman–Crippen LogP) is 3.50. The number of hydrazine groups is 1. The van der Waals surface area contributed by atoms with E-state index in [0.29, 0.717) is 33.9 Å². The van der Waals surface area contributed by atoms with Gasteiger partial charge in [0.25, 0.3) is 11.8 Å². The summed E-state index contributed by atoms with van der Waals surface area (Å²) in [5.74, 6) is -0.577. The van der Waals surface area contributed by atoms with Gasteiger partial charge in [-0.2, -0.15) is 10.1 Å². The highest BCUT2D eigenvalue weighted by Gasteiger charge is 2.31. The minimum absolute atomic E-state index is 0.0288. The molecule has 2 aromatic carbocycles. The van der Waals surface area contributed by atoms with Crippen LogP contribution in [0.5, 0.6) is 0 Å². The molecule has 156 valence electrons. The van der Waals surface area contributed by atoms with E-state index in [0.717, 1.165) is 0 Å². The Balaban J connectivity index is 1.74. The Hall–Kier alpha value is -3.61. The first-order valence-corrected chi connectivity index (χ1v) is 9.71. The number of hydrogen-bond acceptors (Lipinski definition) is 5. The van der Waals surface area contributed by atoms with Gasteiger partial charge in [-0.25, -0.2) is 0 Å². The molecule has 0 unspecified atom stereocenters. The number of hydrogen-bond donors (Lipinski definition) is 3. The second kappa shape index (κ2) is 8.02. The van der Waals surface area contributed by atoms with Crippen LogP contribution in [0.25, 0.3) is 0 Å². The zero-order valence-electron chi connectivity index (χ0n) is 17.9. The van der Waals surface area contributed by atoms with Crippen molar-refractivity contribution >= 4 is 28.9 Å². The molecule has 0 atom stereocenters. The van der Waals surface area contributed by atoms with Crippen LogP contribution >= 0.6 is 0 Å². The summed E-state index contributed by atoms with van der Waals surface area (Å²) in [5, 5.41) is 5.78. The number of hydrazone groups is 1. The topological polar surface area (TPSA) is 99.8 Å². The number of carbonyl (C=O) groups is 2. The Morgan fingerprint density at radius 3 is 2.17 bits per heavy atom. The van der Waals surface area contributed by atoms with E-state index < -0.39 is 0 Å². The van der Waals surface area contributed by atoms with Crippen molar-refractivity contribution in [2.24, 2.45) is 5.10 Å². The minimum Gasteiger partial charge on any atom is -0.399 e. The van der Waals surface area contributed by atoms with Gasteiger partial charge in [-0.15, -0.1) is 0 Å². The maximum absolute atomic E-state index is 13.0. The lowest BCUT2D eigenvalue weighted by molar-refractivity contribution is -0.114. The number of nitrogens with zero attached hydrogens (tertiary/aromatic N) is 2. The Bertz CT molecular complexity index is 1030. The summed E-state index contributed by atoms with van der Waals surface area (Å²) in [6, 6.07) is 14.4. The third kappa shape index (κ3) is 4.35. The molecular weight excluding hydrogens is 378 g/mol. The quantitative estimate of drug-likeness (QED) is 0.412. The summed E-state index contributed by atoms with van der Waals surface area (Å²) >= 11 is 0. The van der Waals surface area contributed by atoms with Gasteiger partial charge in [0.05, 0.1) is 17.0 Å². The fourth-order valence-electron chi connectivity index (χ4n) is 3.14. The third-order valence-electron chi connectivity index (χ3n) is 4.91. The van der Waals surface area contributed by atoms with Gasteiger partial charge in [0.15, 0.2) is 0 Å². The van der Waals surface area contributed by atoms with Crippen LogP contribution in [0.1, 0.15) is 50.5 Å². The zero-order chi connectivity index (χ0) is 22.1. The van der Waals surface area contributed by atoms with Crippen molar-refractivity contribution in [2.45, 2.75) is 40.0 Å². The zero-order valence-corrected chi connectivity index (χ0v) is 17.9. The van der Waals surface area contributed by atoms with Crippen LogP contribution in [0, 0.1) is 0 Å². The molecule has 1 aliphatic heterocycles. The van der Waals surface area contributed by atoms with E-state index in [2.05, 4.69) is 36.7 Å². The number of nitrogen functional groups attached to an aromatic ring is 1. The van der Waals surface area contributed by atoms with E-state index in [9.17, 15) is 9.59 Å². The maximum Gasteiger partial charge on any atom is 0.282 e. The standard InChI is InChI=1S/C23H27N5O2/c1-14(25-26-21(29)16-6-10-18(24)11-7-16)20-15(2)27-28(22(20)30)19-12-8-17(9-13-19)23(3,4)5/h6-13,25H,24H2,1-5H3,(H,26,29)/b20-14-. The number of carbonyl (C=O) groups excluding carboxylic acids is 2. The van der Waals surface area contributed by atoms with Crippen molar-refractivity contribution in [1.82, 2.24) is 10.9 Å². The highest BCUT2D eigenvalue weighted by molar-refractivity contribution is 6.30. The molecule has 0 aromatic heterocycles. The molecule has 7 nitrogen and oxygen atoms in total. The first kappa shape index (κ1) is 21.1. The highest BCUT2D eigenvalue weighted by Crippen LogP contribution is 2.28. The molecule has 2 aromatic rings. The molecule has 0 bridgehead atoms. The molecule has 0 aliphatic carbocycles. The smallest absolute Gasteiger partial charge is 0.282 e. The molecule has 4 N–H and O–H groups in total. The fourth-order valence-corrected chi connectivity index (χ4v) is 3.14. The van der Waals surface area contributed by atoms with Gasteiger partial charge < -0.3 is 11.2 Å². The predicted molar refractivity (Wildman–Crippen MR) is 120 cm³/mol. The van der Waals surface area contributed by atoms with E-state index in [1.54, 1.807) is 38.1 Å². The number of benzene rings is 2. The molecule has 1 aliphatic rings. The van der Waals surface area contributed by atoms with E-state index >= 15 is 0 Å². The number of allylic oxidation sites excluding steroid dienone is 1. The molecule has 0 saturated heterocycles. The summed E-state index contributed by atoms with van der Waals surface area (Å²) in [4.78, 5) is 25.3. The summed E-state index contributed by atoms with van der Waals surface area (Å²) in [6.07, 6.45) is 0. The second-order valence-electron chi connectivity index (χ2n) is 8.30. The summed E-state index contributed by atoms with van der Waals surface area (Å²) in [7, 11) is 0. The monoisotopic (exact) mass is 405 g/mol. The van der Waals surface area contributed by atoms with Crippen LogP contribution in [-0.2, 0) is 10.2 Å². The number of nitrogens with one attached hydrogen (secondary N) is 2. The van der Waals surface area contributed by atoms with Crippen LogP contribution < -0.4 is 21.6 Å². The van der Waals surface area contributed by atoms with Crippen molar-refractivity contribution in [3.8, 4) is 0 Å². The molecule has 2 amide bonds. The van der Waals surface area contributed by atoms with E-state index in [-0.39, 0.29) is 17.2 Å². The van der Waals surface area contributed by atoms with Crippen LogP contribution in [0.15, 0.2) is 64.9 Å². The summed E-state index contributed by atoms with van der Waals surface area (Å²) in [6.45, 7) is 9.91. The van der Waals surface area contributed by atoms with Crippen molar-refractivity contribution in [3.63, 3.8) is 0 Å². The molecule has 0 spiro atoms. The highest BCUT2D eigenvalue weighted by atomic mass is 16.2. The van der Waals surface area contributed by atoms with Crippen molar-refractivity contribution in [3.05, 3.63) is 70.9 Å². The molecule has 1 heterocycles. The van der Waals surface area contributed by atoms with Crippen LogP contribution in [0.3, 0.4) is 0 Å². The number of rotatable bonds is 4. The molecule has 0 fully saturated rings. The second-order valence-corrected chi connectivity index (χ2v) is 8.30. The Morgan fingerprint density at radius 2 is 1.60 bits per heavy atom. The van der Waals surface area contributed by atoms with Crippen molar-refractivity contribution < 1.29 is 9.59 Å². The van der Waals surface area contributed by atoms with Gasteiger partial charge in [-0.05, 0) is 61.2 Å². The van der Waals surface area contributed by atoms with Crippen LogP contribution in [-0.4, -0.2) is 17.5 Å². The number of nitrogens with two attached hydrogens (primary N) is 1. The maximum atomic E-state index is 13.0. The Kier molecular flexibility index (Phi) is 5.64. The molecule has 0 saturated carbocycles. The average molecular weight is 406 g/mol. The normalized spacial score (nSPS) is 15.7. The van der Waals surface area contributed by atoms with Crippen molar-refractivity contribution in [1.29, 1.82) is 0 Å². The first-order valence-electron chi connectivity index (χ1n) is 9.71. The van der Waals surface area contributed by atoms with Gasteiger partial charge in [0.1, 0.15) is 0 Å². The van der Waals surface area contributed by atoms with Crippen molar-refractivity contribution in [2.75, 3.05) is 10.7 Å². The Labute approximate surface area is 176 Å². The Morgan fingerprint density at radius 1 is 1.00 bits per heavy atom. The third-order valence-corrected chi connectivity index (χ3v) is 4.91. The van der Waals surface area contributed by atoms with Gasteiger partial charge in [0, 0.05) is 16.9 Å². The fraction of sp³-hybridized carbons (Fsp3) is 0.261. The molecule has 7 heteroatoms. The molecular formula is C23H27N5O2. The van der Waals surface area contributed by atoms with Crippen LogP contribution in [0.4, 0.5) is 11.4 Å². The first-order chi connectivity index (χ1) is 14.1.